The van der Waals surface area contributed by atoms with Gasteiger partial charge in [-0.25, -0.2) is 9.78 Å². The van der Waals surface area contributed by atoms with Crippen LogP contribution in [0, 0.1) is 0 Å². The zero-order chi connectivity index (χ0) is 34.4. The molecule has 2 aromatic heterocycles. The van der Waals surface area contributed by atoms with Crippen LogP contribution in [-0.2, 0) is 22.3 Å². The van der Waals surface area contributed by atoms with E-state index in [2.05, 4.69) is 32.3 Å². The Morgan fingerprint density at radius 3 is 2.43 bits per heavy atom. The van der Waals surface area contributed by atoms with E-state index < -0.39 is 29.5 Å². The van der Waals surface area contributed by atoms with E-state index in [0.717, 1.165) is 37.7 Å². The van der Waals surface area contributed by atoms with E-state index in [0.29, 0.717) is 44.2 Å². The third-order valence-corrected chi connectivity index (χ3v) is 8.97. The van der Waals surface area contributed by atoms with Crippen molar-refractivity contribution in [1.82, 2.24) is 9.97 Å². The zero-order valence-electron chi connectivity index (χ0n) is 27.1. The molecule has 1 N–H and O–H groups in total. The predicted octanol–water partition coefficient (Wildman–Crippen LogP) is 7.09. The minimum atomic E-state index is -4.88. The first kappa shape index (κ1) is 34.0. The van der Waals surface area contributed by atoms with Gasteiger partial charge in [0.1, 0.15) is 5.82 Å². The number of alkyl halides is 3. The van der Waals surface area contributed by atoms with Gasteiger partial charge in [0.15, 0.2) is 5.69 Å². The quantitative estimate of drug-likeness (QED) is 0.186. The van der Waals surface area contributed by atoms with Crippen LogP contribution < -0.4 is 15.1 Å². The number of pyridine rings is 1. The summed E-state index contributed by atoms with van der Waals surface area (Å²) in [5.41, 5.74) is 1.43. The molecule has 6 rings (SSSR count). The van der Waals surface area contributed by atoms with Crippen LogP contribution in [0.3, 0.4) is 0 Å². The Balaban J connectivity index is 1.04. The number of esters is 1. The lowest BCUT2D eigenvalue weighted by atomic mass is 9.92. The van der Waals surface area contributed by atoms with E-state index in [4.69, 9.17) is 13.9 Å². The fraction of sp³-hybridized carbons (Fsp3) is 0.389. The number of amides is 1. The summed E-state index contributed by atoms with van der Waals surface area (Å²) < 4.78 is 58.4. The Morgan fingerprint density at radius 2 is 1.71 bits per heavy atom. The molecule has 0 aliphatic carbocycles. The van der Waals surface area contributed by atoms with Gasteiger partial charge in [-0.15, -0.1) is 0 Å². The molecule has 1 atom stereocenters. The van der Waals surface area contributed by atoms with Gasteiger partial charge in [0, 0.05) is 26.2 Å². The molecule has 0 spiro atoms. The van der Waals surface area contributed by atoms with Crippen LogP contribution in [0.25, 0.3) is 0 Å². The number of carbonyl (C=O) groups is 2. The van der Waals surface area contributed by atoms with E-state index in [1.165, 1.54) is 18.9 Å². The number of nitrogens with zero attached hydrogens (tertiary/aromatic N) is 4. The number of aromatic nitrogens is 2. The summed E-state index contributed by atoms with van der Waals surface area (Å²) >= 11 is 0. The fourth-order valence-electron chi connectivity index (χ4n) is 6.34. The van der Waals surface area contributed by atoms with Gasteiger partial charge in [-0.3, -0.25) is 4.79 Å². The van der Waals surface area contributed by atoms with Gasteiger partial charge in [0.2, 0.25) is 5.76 Å². The molecular weight excluding hydrogens is 639 g/mol. The molecule has 10 nitrogen and oxygen atoms in total. The lowest BCUT2D eigenvalue weighted by Gasteiger charge is -2.32. The average molecular weight is 678 g/mol. The van der Waals surface area contributed by atoms with E-state index in [9.17, 15) is 22.8 Å². The Kier molecular flexibility index (Phi) is 10.5. The Hall–Kier alpha value is -4.91. The second-order valence-electron chi connectivity index (χ2n) is 12.2. The van der Waals surface area contributed by atoms with Crippen LogP contribution in [0.5, 0.6) is 0 Å². The number of hydrogen-bond donors (Lipinski definition) is 1. The van der Waals surface area contributed by atoms with Crippen LogP contribution in [0.4, 0.5) is 30.7 Å². The predicted molar refractivity (Wildman–Crippen MR) is 177 cm³/mol. The Bertz CT molecular complexity index is 1720. The Morgan fingerprint density at radius 1 is 0.939 bits per heavy atom. The van der Waals surface area contributed by atoms with E-state index >= 15 is 0 Å². The van der Waals surface area contributed by atoms with Crippen molar-refractivity contribution in [2.75, 3.05) is 48.4 Å². The molecule has 0 bridgehead atoms. The van der Waals surface area contributed by atoms with Crippen molar-refractivity contribution in [3.8, 4) is 0 Å². The molecule has 49 heavy (non-hydrogen) atoms. The van der Waals surface area contributed by atoms with Crippen molar-refractivity contribution >= 4 is 29.4 Å². The molecule has 4 aromatic rings. The number of hydrogen-bond acceptors (Lipinski definition) is 9. The van der Waals surface area contributed by atoms with Gasteiger partial charge in [-0.2, -0.15) is 18.2 Å². The number of carbonyl (C=O) groups excluding carboxylic acids is 2. The van der Waals surface area contributed by atoms with Gasteiger partial charge < -0.3 is 29.0 Å². The molecule has 258 valence electrons. The van der Waals surface area contributed by atoms with Crippen LogP contribution in [0.1, 0.15) is 75.8 Å². The molecule has 1 amide bonds. The van der Waals surface area contributed by atoms with Gasteiger partial charge in [-0.05, 0) is 73.4 Å². The van der Waals surface area contributed by atoms with E-state index in [1.54, 1.807) is 35.2 Å². The summed E-state index contributed by atoms with van der Waals surface area (Å²) in [6, 6.07) is 20.3. The van der Waals surface area contributed by atoms with Gasteiger partial charge in [0.05, 0.1) is 37.3 Å². The van der Waals surface area contributed by atoms with Gasteiger partial charge >= 0.3 is 12.1 Å². The van der Waals surface area contributed by atoms with Crippen LogP contribution in [0.15, 0.2) is 77.3 Å². The molecule has 2 aromatic carbocycles. The highest BCUT2D eigenvalue weighted by molar-refractivity contribution is 6.03. The summed E-state index contributed by atoms with van der Waals surface area (Å²) in [7, 11) is 1.34. The highest BCUT2D eigenvalue weighted by Crippen LogP contribution is 2.36. The number of benzene rings is 2. The summed E-state index contributed by atoms with van der Waals surface area (Å²) in [5, 5.41) is 2.49. The molecule has 2 saturated heterocycles. The largest absolute Gasteiger partial charge is 0.465 e. The van der Waals surface area contributed by atoms with Crippen LogP contribution in [-0.4, -0.2) is 61.2 Å². The maximum absolute atomic E-state index is 14.0. The van der Waals surface area contributed by atoms with Crippen molar-refractivity contribution in [2.24, 2.45) is 0 Å². The van der Waals surface area contributed by atoms with E-state index in [1.807, 2.05) is 24.3 Å². The number of nitrogens with one attached hydrogen (secondary N) is 1. The minimum absolute atomic E-state index is 0.0332. The maximum atomic E-state index is 14.0. The first-order valence-corrected chi connectivity index (χ1v) is 16.4. The summed E-state index contributed by atoms with van der Waals surface area (Å²) in [6.45, 7) is 2.67. The summed E-state index contributed by atoms with van der Waals surface area (Å²) in [6.07, 6.45) is 0.454. The topological polar surface area (TPSA) is 110 Å². The third-order valence-electron chi connectivity index (χ3n) is 8.97. The zero-order valence-corrected chi connectivity index (χ0v) is 27.1. The fourth-order valence-corrected chi connectivity index (χ4v) is 6.34. The second kappa shape index (κ2) is 15.1. The number of rotatable bonds is 9. The number of anilines is 3. The molecule has 2 aliphatic heterocycles. The maximum Gasteiger partial charge on any atom is 0.437 e. The van der Waals surface area contributed by atoms with Crippen LogP contribution in [0.2, 0.25) is 0 Å². The molecule has 2 fully saturated rings. The number of piperidine rings is 1. The van der Waals surface area contributed by atoms with E-state index in [-0.39, 0.29) is 23.7 Å². The normalized spacial score (nSPS) is 17.4. The van der Waals surface area contributed by atoms with Crippen molar-refractivity contribution in [3.05, 3.63) is 101 Å². The number of methoxy groups -OCH3 is 1. The molecule has 0 saturated carbocycles. The van der Waals surface area contributed by atoms with Crippen LogP contribution >= 0.6 is 0 Å². The molecule has 13 heteroatoms. The van der Waals surface area contributed by atoms with Crippen molar-refractivity contribution in [3.63, 3.8) is 0 Å². The monoisotopic (exact) mass is 677 g/mol. The highest BCUT2D eigenvalue weighted by Gasteiger charge is 2.42. The smallest absolute Gasteiger partial charge is 0.437 e. The molecular formula is C36H38F3N5O5. The minimum Gasteiger partial charge on any atom is -0.465 e. The lowest BCUT2D eigenvalue weighted by molar-refractivity contribution is -0.141. The summed E-state index contributed by atoms with van der Waals surface area (Å²) in [4.78, 5) is 36.9. The molecule has 1 unspecified atom stereocenters. The number of halogens is 3. The molecule has 4 heterocycles. The van der Waals surface area contributed by atoms with Crippen molar-refractivity contribution < 1.29 is 36.7 Å². The van der Waals surface area contributed by atoms with Gasteiger partial charge in [-0.1, -0.05) is 42.5 Å². The first-order valence-electron chi connectivity index (χ1n) is 16.4. The van der Waals surface area contributed by atoms with Crippen molar-refractivity contribution in [2.45, 2.75) is 56.9 Å². The number of oxazole rings is 1. The molecule has 2 aliphatic rings. The second-order valence-corrected chi connectivity index (χ2v) is 12.2. The summed E-state index contributed by atoms with van der Waals surface area (Å²) in [5.74, 6) is -1.37. The number of ether oxygens (including phenoxy) is 2. The third kappa shape index (κ3) is 8.40. The van der Waals surface area contributed by atoms with Crippen molar-refractivity contribution in [1.29, 1.82) is 0 Å². The molecule has 0 radical (unpaired) electrons. The SMILES string of the molecule is COC(=O)c1cccc(COC2CCN(c3ccc(NC(=O)c4oc(N5CCCC(c6ccccc6)CC5)nc4C(F)(F)F)cn3)CC2)c1. The first-order chi connectivity index (χ1) is 23.7. The highest BCUT2D eigenvalue weighted by atomic mass is 19.4. The standard InChI is InChI=1S/C36H38F3N5O5/c1-47-34(46)27-10-5-7-24(21-27)23-48-29-15-19-43(20-16-29)30-13-12-28(22-40-30)41-33(45)31-32(36(37,38)39)42-35(49-31)44-17-6-11-26(14-18-44)25-8-3-2-4-9-25/h2-5,7-10,12-13,21-22,26,29H,6,11,14-20,23H2,1H3,(H,41,45). The van der Waals surface area contributed by atoms with Gasteiger partial charge in [0.25, 0.3) is 11.9 Å². The Labute approximate surface area is 282 Å². The lowest BCUT2D eigenvalue weighted by Crippen LogP contribution is -2.37. The average Bonchev–Trinajstić information content (AvgIpc) is 3.45.